The third-order valence-corrected chi connectivity index (χ3v) is 3.70. The first-order valence-electron chi connectivity index (χ1n) is 6.90. The van der Waals surface area contributed by atoms with E-state index in [1.165, 1.54) is 13.2 Å². The number of nitrogens with one attached hydrogen (secondary N) is 1. The lowest BCUT2D eigenvalue weighted by Gasteiger charge is -2.08. The van der Waals surface area contributed by atoms with E-state index in [1.807, 2.05) is 0 Å². The number of hydrogen-bond donors (Lipinski definition) is 1. The molecule has 24 heavy (non-hydrogen) atoms. The Kier molecular flexibility index (Phi) is 6.30. The molecule has 2 aromatic carbocycles. The molecule has 1 amide bonds. The van der Waals surface area contributed by atoms with Crippen LogP contribution in [0.3, 0.4) is 0 Å². The number of carbonyl (C=O) groups is 3. The zero-order chi connectivity index (χ0) is 17.5. The highest BCUT2D eigenvalue weighted by Crippen LogP contribution is 2.12. The van der Waals surface area contributed by atoms with Gasteiger partial charge in [-0.15, -0.1) is 0 Å². The van der Waals surface area contributed by atoms with Crippen LogP contribution in [0.2, 0.25) is 0 Å². The van der Waals surface area contributed by atoms with Crippen molar-refractivity contribution in [2.75, 3.05) is 19.0 Å². The predicted octanol–water partition coefficient (Wildman–Crippen LogP) is 2.87. The second kappa shape index (κ2) is 8.44. The third-order valence-electron chi connectivity index (χ3n) is 2.98. The molecule has 6 nitrogen and oxygen atoms in total. The lowest BCUT2D eigenvalue weighted by atomic mass is 10.2. The minimum Gasteiger partial charge on any atom is -0.465 e. The molecular formula is C17H14INO5. The van der Waals surface area contributed by atoms with Gasteiger partial charge in [-0.25, -0.2) is 9.59 Å². The molecule has 7 heteroatoms. The van der Waals surface area contributed by atoms with Crippen molar-refractivity contribution in [1.82, 2.24) is 0 Å². The van der Waals surface area contributed by atoms with E-state index in [-0.39, 0.29) is 0 Å². The molecule has 0 radical (unpaired) electrons. The Morgan fingerprint density at radius 3 is 2.38 bits per heavy atom. The summed E-state index contributed by atoms with van der Waals surface area (Å²) in [6, 6.07) is 13.1. The van der Waals surface area contributed by atoms with Crippen LogP contribution in [-0.4, -0.2) is 31.6 Å². The fourth-order valence-electron chi connectivity index (χ4n) is 1.84. The molecule has 0 aliphatic heterocycles. The van der Waals surface area contributed by atoms with Crippen LogP contribution in [0.25, 0.3) is 0 Å². The Morgan fingerprint density at radius 2 is 1.71 bits per heavy atom. The highest BCUT2D eigenvalue weighted by Gasteiger charge is 2.11. The summed E-state index contributed by atoms with van der Waals surface area (Å²) in [5, 5.41) is 2.55. The van der Waals surface area contributed by atoms with E-state index in [0.29, 0.717) is 16.8 Å². The number of esters is 2. The summed E-state index contributed by atoms with van der Waals surface area (Å²) in [4.78, 5) is 35.1. The highest BCUT2D eigenvalue weighted by atomic mass is 127. The van der Waals surface area contributed by atoms with Crippen LogP contribution < -0.4 is 5.32 Å². The molecule has 2 aromatic rings. The van der Waals surface area contributed by atoms with Gasteiger partial charge in [-0.05, 0) is 65.1 Å². The van der Waals surface area contributed by atoms with Gasteiger partial charge in [0, 0.05) is 9.26 Å². The van der Waals surface area contributed by atoms with Gasteiger partial charge in [0.05, 0.1) is 18.2 Å². The van der Waals surface area contributed by atoms with Crippen molar-refractivity contribution in [3.8, 4) is 0 Å². The molecule has 0 aliphatic carbocycles. The predicted molar refractivity (Wildman–Crippen MR) is 95.9 cm³/mol. The second-order valence-corrected chi connectivity index (χ2v) is 5.95. The van der Waals surface area contributed by atoms with Crippen LogP contribution in [0, 0.1) is 3.57 Å². The smallest absolute Gasteiger partial charge is 0.338 e. The van der Waals surface area contributed by atoms with Gasteiger partial charge in [-0.2, -0.15) is 0 Å². The lowest BCUT2D eigenvalue weighted by molar-refractivity contribution is -0.119. The van der Waals surface area contributed by atoms with E-state index >= 15 is 0 Å². The number of ether oxygens (including phenoxy) is 2. The zero-order valence-electron chi connectivity index (χ0n) is 12.7. The normalized spacial score (nSPS) is 9.92. The van der Waals surface area contributed by atoms with Gasteiger partial charge in [0.25, 0.3) is 5.91 Å². The van der Waals surface area contributed by atoms with Crippen LogP contribution in [-0.2, 0) is 14.3 Å². The van der Waals surface area contributed by atoms with Gasteiger partial charge in [0.1, 0.15) is 0 Å². The van der Waals surface area contributed by atoms with E-state index in [2.05, 4.69) is 32.6 Å². The molecule has 0 saturated carbocycles. The Morgan fingerprint density at radius 1 is 1.00 bits per heavy atom. The minimum absolute atomic E-state index is 0.311. The molecule has 0 unspecified atom stereocenters. The van der Waals surface area contributed by atoms with Crippen LogP contribution in [0.5, 0.6) is 0 Å². The van der Waals surface area contributed by atoms with Crippen LogP contribution in [0.4, 0.5) is 5.69 Å². The molecular weight excluding hydrogens is 425 g/mol. The Labute approximate surface area is 152 Å². The summed E-state index contributed by atoms with van der Waals surface area (Å²) in [7, 11) is 1.28. The van der Waals surface area contributed by atoms with Gasteiger partial charge in [-0.1, -0.05) is 6.07 Å². The zero-order valence-corrected chi connectivity index (χ0v) is 14.9. The average Bonchev–Trinajstić information content (AvgIpc) is 2.59. The minimum atomic E-state index is -0.579. The Hall–Kier alpha value is -2.42. The largest absolute Gasteiger partial charge is 0.465 e. The average molecular weight is 439 g/mol. The van der Waals surface area contributed by atoms with Crippen molar-refractivity contribution >= 4 is 46.1 Å². The summed E-state index contributed by atoms with van der Waals surface area (Å²) in [6.45, 7) is -0.423. The molecule has 0 heterocycles. The van der Waals surface area contributed by atoms with Crippen molar-refractivity contribution < 1.29 is 23.9 Å². The number of amides is 1. The van der Waals surface area contributed by atoms with Gasteiger partial charge in [0.2, 0.25) is 0 Å². The second-order valence-electron chi connectivity index (χ2n) is 4.70. The van der Waals surface area contributed by atoms with Gasteiger partial charge in [0.15, 0.2) is 6.61 Å². The highest BCUT2D eigenvalue weighted by molar-refractivity contribution is 14.1. The van der Waals surface area contributed by atoms with E-state index in [4.69, 9.17) is 4.74 Å². The van der Waals surface area contributed by atoms with Crippen LogP contribution in [0.1, 0.15) is 20.7 Å². The fourth-order valence-corrected chi connectivity index (χ4v) is 2.20. The lowest BCUT2D eigenvalue weighted by Crippen LogP contribution is -2.21. The number of halogens is 1. The quantitative estimate of drug-likeness (QED) is 0.573. The van der Waals surface area contributed by atoms with E-state index in [1.54, 1.807) is 42.5 Å². The van der Waals surface area contributed by atoms with Gasteiger partial charge >= 0.3 is 11.9 Å². The summed E-state index contributed by atoms with van der Waals surface area (Å²) >= 11 is 2.13. The maximum atomic E-state index is 11.8. The topological polar surface area (TPSA) is 81.7 Å². The van der Waals surface area contributed by atoms with Crippen LogP contribution >= 0.6 is 22.6 Å². The number of hydrogen-bond acceptors (Lipinski definition) is 5. The maximum absolute atomic E-state index is 11.8. The van der Waals surface area contributed by atoms with Crippen molar-refractivity contribution in [1.29, 1.82) is 0 Å². The van der Waals surface area contributed by atoms with Crippen LogP contribution in [0.15, 0.2) is 48.5 Å². The van der Waals surface area contributed by atoms with Gasteiger partial charge in [-0.3, -0.25) is 4.79 Å². The first-order chi connectivity index (χ1) is 11.5. The number of benzene rings is 2. The molecule has 0 spiro atoms. The monoisotopic (exact) mass is 439 g/mol. The van der Waals surface area contributed by atoms with Crippen molar-refractivity contribution in [2.45, 2.75) is 0 Å². The molecule has 0 bridgehead atoms. The third kappa shape index (κ3) is 5.05. The summed E-state index contributed by atoms with van der Waals surface area (Å²) in [5.41, 5.74) is 1.09. The molecule has 0 atom stereocenters. The number of carbonyl (C=O) groups excluding carboxylic acids is 3. The molecule has 0 aliphatic rings. The van der Waals surface area contributed by atoms with Crippen molar-refractivity contribution in [2.24, 2.45) is 0 Å². The Balaban J connectivity index is 1.90. The van der Waals surface area contributed by atoms with E-state index in [0.717, 1.165) is 3.57 Å². The molecule has 0 saturated heterocycles. The Bertz CT molecular complexity index is 758. The SMILES string of the molecule is COC(=O)c1cccc(NC(=O)COC(=O)c2ccc(I)cc2)c1. The summed E-state index contributed by atoms with van der Waals surface area (Å²) in [5.74, 6) is -1.59. The summed E-state index contributed by atoms with van der Waals surface area (Å²) in [6.07, 6.45) is 0. The maximum Gasteiger partial charge on any atom is 0.338 e. The molecule has 0 fully saturated rings. The molecule has 1 N–H and O–H groups in total. The van der Waals surface area contributed by atoms with Gasteiger partial charge < -0.3 is 14.8 Å². The molecule has 0 aromatic heterocycles. The fraction of sp³-hybridized carbons (Fsp3) is 0.118. The standard InChI is InChI=1S/C17H14INO5/c1-23-16(21)12-3-2-4-14(9-12)19-15(20)10-24-17(22)11-5-7-13(18)8-6-11/h2-9H,10H2,1H3,(H,19,20). The number of rotatable bonds is 5. The van der Waals surface area contributed by atoms with Crippen molar-refractivity contribution in [3.05, 3.63) is 63.2 Å². The summed E-state index contributed by atoms with van der Waals surface area (Å²) < 4.78 is 10.6. The molecule has 2 rings (SSSR count). The van der Waals surface area contributed by atoms with E-state index in [9.17, 15) is 14.4 Å². The number of anilines is 1. The van der Waals surface area contributed by atoms with Crippen molar-refractivity contribution in [3.63, 3.8) is 0 Å². The first kappa shape index (κ1) is 17.9. The van der Waals surface area contributed by atoms with E-state index < -0.39 is 24.5 Å². The number of methoxy groups -OCH3 is 1. The molecule has 124 valence electrons. The first-order valence-corrected chi connectivity index (χ1v) is 7.98.